The number of carboxylic acid groups (broad SMARTS) is 1. The Morgan fingerprint density at radius 3 is 2.68 bits per heavy atom. The minimum Gasteiger partial charge on any atom is -0.481 e. The van der Waals surface area contributed by atoms with Crippen LogP contribution in [0.25, 0.3) is 0 Å². The predicted octanol–water partition coefficient (Wildman–Crippen LogP) is 1.87. The number of halogens is 1. The molecule has 2 aromatic rings. The van der Waals surface area contributed by atoms with Crippen molar-refractivity contribution >= 4 is 27.6 Å². The fraction of sp³-hybridized carbons (Fsp3) is 0.231. The molecule has 1 aromatic carbocycles. The van der Waals surface area contributed by atoms with Gasteiger partial charge in [-0.25, -0.2) is 13.1 Å². The van der Waals surface area contributed by atoms with Crippen molar-refractivity contribution in [2.75, 3.05) is 0 Å². The zero-order valence-corrected chi connectivity index (χ0v) is 13.1. The summed E-state index contributed by atoms with van der Waals surface area (Å²) in [4.78, 5) is 11.0. The Kier molecular flexibility index (Phi) is 4.84. The van der Waals surface area contributed by atoms with E-state index in [2.05, 4.69) is 14.9 Å². The molecule has 0 amide bonds. The Balaban J connectivity index is 2.38. The van der Waals surface area contributed by atoms with Gasteiger partial charge in [-0.1, -0.05) is 29.8 Å². The largest absolute Gasteiger partial charge is 0.481 e. The summed E-state index contributed by atoms with van der Waals surface area (Å²) in [5.41, 5.74) is 0.761. The Morgan fingerprint density at radius 1 is 1.45 bits per heavy atom. The Hall–Kier alpha value is -1.90. The van der Waals surface area contributed by atoms with E-state index in [-0.39, 0.29) is 4.90 Å². The van der Waals surface area contributed by atoms with Crippen LogP contribution in [-0.2, 0) is 14.8 Å². The smallest absolute Gasteiger partial charge is 0.305 e. The van der Waals surface area contributed by atoms with Crippen molar-refractivity contribution in [2.24, 2.45) is 0 Å². The van der Waals surface area contributed by atoms with E-state index in [9.17, 15) is 13.2 Å². The third kappa shape index (κ3) is 3.65. The van der Waals surface area contributed by atoms with Crippen molar-refractivity contribution in [1.29, 1.82) is 0 Å². The molecular weight excluding hydrogens is 330 g/mol. The molecule has 0 bridgehead atoms. The van der Waals surface area contributed by atoms with Gasteiger partial charge in [-0.05, 0) is 18.6 Å². The van der Waals surface area contributed by atoms with Crippen molar-refractivity contribution in [3.8, 4) is 0 Å². The zero-order valence-electron chi connectivity index (χ0n) is 11.6. The second-order valence-electron chi connectivity index (χ2n) is 4.65. The predicted molar refractivity (Wildman–Crippen MR) is 80.1 cm³/mol. The standard InChI is InChI=1S/C13H14ClN3O4S/c1-8-12(7-15-16-8)22(20,21)17-11(6-13(18)19)9-4-2-3-5-10(9)14/h2-5,7,11,17H,6H2,1H3,(H,15,16)(H,18,19). The van der Waals surface area contributed by atoms with Gasteiger partial charge in [-0.2, -0.15) is 5.10 Å². The molecule has 0 saturated carbocycles. The second kappa shape index (κ2) is 6.47. The molecule has 1 unspecified atom stereocenters. The second-order valence-corrected chi connectivity index (χ2v) is 6.74. The average Bonchev–Trinajstić information content (AvgIpc) is 2.85. The lowest BCUT2D eigenvalue weighted by atomic mass is 10.1. The fourth-order valence-corrected chi connectivity index (χ4v) is 3.63. The SMILES string of the molecule is Cc1[nH]ncc1S(=O)(=O)NC(CC(=O)O)c1ccccc1Cl. The number of sulfonamides is 1. The van der Waals surface area contributed by atoms with Crippen LogP contribution in [0, 0.1) is 6.92 Å². The lowest BCUT2D eigenvalue weighted by molar-refractivity contribution is -0.137. The first kappa shape index (κ1) is 16.5. The van der Waals surface area contributed by atoms with E-state index in [0.29, 0.717) is 16.3 Å². The van der Waals surface area contributed by atoms with Crippen LogP contribution < -0.4 is 4.72 Å². The van der Waals surface area contributed by atoms with Crippen molar-refractivity contribution in [3.05, 3.63) is 46.7 Å². The van der Waals surface area contributed by atoms with Crippen LogP contribution in [-0.4, -0.2) is 29.7 Å². The average molecular weight is 344 g/mol. The van der Waals surface area contributed by atoms with Gasteiger partial charge in [0.05, 0.1) is 24.4 Å². The first-order chi connectivity index (χ1) is 10.3. The van der Waals surface area contributed by atoms with Gasteiger partial charge in [0.25, 0.3) is 0 Å². The number of carboxylic acids is 1. The number of nitrogens with zero attached hydrogens (tertiary/aromatic N) is 1. The topological polar surface area (TPSA) is 112 Å². The molecule has 22 heavy (non-hydrogen) atoms. The molecule has 0 saturated heterocycles. The number of aromatic nitrogens is 2. The van der Waals surface area contributed by atoms with E-state index < -0.39 is 28.5 Å². The van der Waals surface area contributed by atoms with Crippen LogP contribution >= 0.6 is 11.6 Å². The number of carbonyl (C=O) groups is 1. The quantitative estimate of drug-likeness (QED) is 0.741. The van der Waals surface area contributed by atoms with Gasteiger partial charge in [0.15, 0.2) is 0 Å². The van der Waals surface area contributed by atoms with Gasteiger partial charge in [0.1, 0.15) is 4.90 Å². The summed E-state index contributed by atoms with van der Waals surface area (Å²) in [5, 5.41) is 15.5. The Labute approximate surface area is 132 Å². The highest BCUT2D eigenvalue weighted by Gasteiger charge is 2.26. The molecule has 0 radical (unpaired) electrons. The summed E-state index contributed by atoms with van der Waals surface area (Å²) in [7, 11) is -3.92. The van der Waals surface area contributed by atoms with E-state index in [1.54, 1.807) is 31.2 Å². The molecule has 3 N–H and O–H groups in total. The van der Waals surface area contributed by atoms with E-state index in [1.165, 1.54) is 6.20 Å². The van der Waals surface area contributed by atoms with E-state index in [1.807, 2.05) is 0 Å². The molecule has 1 atom stereocenters. The molecule has 0 aliphatic carbocycles. The van der Waals surface area contributed by atoms with Crippen LogP contribution in [0.1, 0.15) is 23.7 Å². The molecule has 2 rings (SSSR count). The molecule has 9 heteroatoms. The molecule has 0 fully saturated rings. The number of aromatic amines is 1. The lowest BCUT2D eigenvalue weighted by Crippen LogP contribution is -2.30. The molecule has 0 aliphatic heterocycles. The minimum atomic E-state index is -3.92. The highest BCUT2D eigenvalue weighted by atomic mass is 35.5. The summed E-state index contributed by atoms with van der Waals surface area (Å²) in [6.07, 6.45) is 0.738. The van der Waals surface area contributed by atoms with Gasteiger partial charge in [0, 0.05) is 5.02 Å². The number of aryl methyl sites for hydroxylation is 1. The maximum Gasteiger partial charge on any atom is 0.305 e. The number of nitrogens with one attached hydrogen (secondary N) is 2. The van der Waals surface area contributed by atoms with Crippen LogP contribution in [0.3, 0.4) is 0 Å². The molecule has 0 spiro atoms. The van der Waals surface area contributed by atoms with Gasteiger partial charge < -0.3 is 5.11 Å². The highest BCUT2D eigenvalue weighted by Crippen LogP contribution is 2.27. The van der Waals surface area contributed by atoms with Crippen molar-refractivity contribution < 1.29 is 18.3 Å². The van der Waals surface area contributed by atoms with Crippen LogP contribution in [0.4, 0.5) is 0 Å². The summed E-state index contributed by atoms with van der Waals surface area (Å²) >= 11 is 6.04. The highest BCUT2D eigenvalue weighted by molar-refractivity contribution is 7.89. The number of hydrogen-bond acceptors (Lipinski definition) is 4. The van der Waals surface area contributed by atoms with Crippen molar-refractivity contribution in [3.63, 3.8) is 0 Å². The van der Waals surface area contributed by atoms with Gasteiger partial charge in [-0.15, -0.1) is 0 Å². The number of aliphatic carboxylic acids is 1. The first-order valence-corrected chi connectivity index (χ1v) is 8.16. The lowest BCUT2D eigenvalue weighted by Gasteiger charge is -2.18. The molecule has 7 nitrogen and oxygen atoms in total. The van der Waals surface area contributed by atoms with Crippen LogP contribution in [0.15, 0.2) is 35.4 Å². The van der Waals surface area contributed by atoms with Gasteiger partial charge >= 0.3 is 5.97 Å². The van der Waals surface area contributed by atoms with Crippen molar-refractivity contribution in [2.45, 2.75) is 24.3 Å². The number of hydrogen-bond donors (Lipinski definition) is 3. The number of H-pyrrole nitrogens is 1. The summed E-state index contributed by atoms with van der Waals surface area (Å²) in [5.74, 6) is -1.14. The normalized spacial score (nSPS) is 13.0. The fourth-order valence-electron chi connectivity index (χ4n) is 2.01. The molecule has 0 aliphatic rings. The Morgan fingerprint density at radius 2 is 2.14 bits per heavy atom. The number of benzene rings is 1. The van der Waals surface area contributed by atoms with E-state index >= 15 is 0 Å². The first-order valence-electron chi connectivity index (χ1n) is 6.30. The monoisotopic (exact) mass is 343 g/mol. The zero-order chi connectivity index (χ0) is 16.3. The van der Waals surface area contributed by atoms with Crippen LogP contribution in [0.5, 0.6) is 0 Å². The third-order valence-corrected chi connectivity index (χ3v) is 4.96. The van der Waals surface area contributed by atoms with Crippen molar-refractivity contribution in [1.82, 2.24) is 14.9 Å². The molecule has 1 aromatic heterocycles. The number of rotatable bonds is 6. The van der Waals surface area contributed by atoms with Crippen LogP contribution in [0.2, 0.25) is 5.02 Å². The van der Waals surface area contributed by atoms with Gasteiger partial charge in [0.2, 0.25) is 10.0 Å². The van der Waals surface area contributed by atoms with E-state index in [0.717, 1.165) is 0 Å². The molecule has 1 heterocycles. The summed E-state index contributed by atoms with van der Waals surface area (Å²) < 4.78 is 27.1. The summed E-state index contributed by atoms with van der Waals surface area (Å²) in [6, 6.07) is 5.51. The third-order valence-electron chi connectivity index (χ3n) is 3.03. The molecular formula is C13H14ClN3O4S. The van der Waals surface area contributed by atoms with E-state index in [4.69, 9.17) is 16.7 Å². The molecule has 118 valence electrons. The minimum absolute atomic E-state index is 0.0325. The maximum atomic E-state index is 12.4. The maximum absolute atomic E-state index is 12.4. The van der Waals surface area contributed by atoms with Gasteiger partial charge in [-0.3, -0.25) is 9.89 Å². The Bertz CT molecular complexity index is 788. The summed E-state index contributed by atoms with van der Waals surface area (Å²) in [6.45, 7) is 1.56.